The summed E-state index contributed by atoms with van der Waals surface area (Å²) in [5.41, 5.74) is 0.694. The minimum atomic E-state index is -0.0321. The van der Waals surface area contributed by atoms with Gasteiger partial charge in [0, 0.05) is 29.8 Å². The van der Waals surface area contributed by atoms with Gasteiger partial charge in [0.25, 0.3) is 5.91 Å². The van der Waals surface area contributed by atoms with Gasteiger partial charge < -0.3 is 10.1 Å². The Morgan fingerprint density at radius 1 is 1.14 bits per heavy atom. The number of benzene rings is 2. The van der Waals surface area contributed by atoms with Crippen LogP contribution in [0.1, 0.15) is 30.1 Å². The van der Waals surface area contributed by atoms with Gasteiger partial charge >= 0.3 is 0 Å². The lowest BCUT2D eigenvalue weighted by Crippen LogP contribution is -2.25. The Labute approximate surface area is 133 Å². The first kappa shape index (κ1) is 16.0. The van der Waals surface area contributed by atoms with Crippen molar-refractivity contribution in [3.8, 4) is 0 Å². The summed E-state index contributed by atoms with van der Waals surface area (Å²) in [5, 5.41) is 5.11. The molecule has 0 atom stereocenters. The molecule has 1 N–H and O–H groups in total. The Morgan fingerprint density at radius 2 is 1.90 bits per heavy atom. The van der Waals surface area contributed by atoms with Gasteiger partial charge in [0.2, 0.25) is 0 Å². The standard InChI is InChI=1S/C17H20BrNO2/c1-2-9-21-10-3-8-19-17(20)15-5-4-14-12-16(18)7-6-13(14)11-15/h4-7,11-12H,2-3,8-10H2,1H3,(H,19,20). The number of rotatable bonds is 7. The zero-order valence-electron chi connectivity index (χ0n) is 12.2. The molecule has 0 aromatic heterocycles. The number of carbonyl (C=O) groups is 1. The highest BCUT2D eigenvalue weighted by molar-refractivity contribution is 9.10. The monoisotopic (exact) mass is 349 g/mol. The maximum Gasteiger partial charge on any atom is 0.251 e. The number of ether oxygens (including phenoxy) is 1. The summed E-state index contributed by atoms with van der Waals surface area (Å²) in [6, 6.07) is 11.8. The molecule has 21 heavy (non-hydrogen) atoms. The number of carbonyl (C=O) groups excluding carboxylic acids is 1. The van der Waals surface area contributed by atoms with E-state index < -0.39 is 0 Å². The third-order valence-electron chi connectivity index (χ3n) is 3.16. The molecule has 0 aliphatic carbocycles. The number of nitrogens with one attached hydrogen (secondary N) is 1. The molecule has 0 aliphatic heterocycles. The fourth-order valence-corrected chi connectivity index (χ4v) is 2.46. The lowest BCUT2D eigenvalue weighted by Gasteiger charge is -2.07. The number of amides is 1. The van der Waals surface area contributed by atoms with Crippen LogP contribution in [0.25, 0.3) is 10.8 Å². The second-order valence-electron chi connectivity index (χ2n) is 4.93. The van der Waals surface area contributed by atoms with Crippen LogP contribution in [0.3, 0.4) is 0 Å². The van der Waals surface area contributed by atoms with E-state index in [1.165, 1.54) is 0 Å². The van der Waals surface area contributed by atoms with Gasteiger partial charge in [-0.2, -0.15) is 0 Å². The molecule has 0 fully saturated rings. The van der Waals surface area contributed by atoms with Gasteiger partial charge in [0.1, 0.15) is 0 Å². The first-order valence-corrected chi connectivity index (χ1v) is 8.05. The van der Waals surface area contributed by atoms with E-state index in [1.54, 1.807) is 0 Å². The summed E-state index contributed by atoms with van der Waals surface area (Å²) in [6.45, 7) is 4.20. The van der Waals surface area contributed by atoms with Crippen molar-refractivity contribution in [2.45, 2.75) is 19.8 Å². The van der Waals surface area contributed by atoms with Crippen LogP contribution in [0.5, 0.6) is 0 Å². The Hall–Kier alpha value is -1.39. The van der Waals surface area contributed by atoms with Crippen LogP contribution in [0.2, 0.25) is 0 Å². The molecule has 112 valence electrons. The van der Waals surface area contributed by atoms with Crippen LogP contribution in [0.4, 0.5) is 0 Å². The van der Waals surface area contributed by atoms with Crippen LogP contribution in [0.15, 0.2) is 40.9 Å². The van der Waals surface area contributed by atoms with E-state index in [1.807, 2.05) is 36.4 Å². The Kier molecular flexibility index (Phi) is 6.21. The summed E-state index contributed by atoms with van der Waals surface area (Å²) in [6.07, 6.45) is 1.87. The molecule has 0 saturated heterocycles. The second kappa shape index (κ2) is 8.15. The van der Waals surface area contributed by atoms with Crippen molar-refractivity contribution < 1.29 is 9.53 Å². The fourth-order valence-electron chi connectivity index (χ4n) is 2.08. The molecular weight excluding hydrogens is 330 g/mol. The molecule has 4 heteroatoms. The van der Waals surface area contributed by atoms with Crippen LogP contribution in [-0.2, 0) is 4.74 Å². The maximum atomic E-state index is 12.1. The number of halogens is 1. The van der Waals surface area contributed by atoms with Crippen LogP contribution < -0.4 is 5.32 Å². The average Bonchev–Trinajstić information content (AvgIpc) is 2.50. The molecule has 0 bridgehead atoms. The zero-order chi connectivity index (χ0) is 15.1. The highest BCUT2D eigenvalue weighted by Gasteiger charge is 2.05. The van der Waals surface area contributed by atoms with E-state index >= 15 is 0 Å². The van der Waals surface area contributed by atoms with Gasteiger partial charge in [-0.3, -0.25) is 4.79 Å². The largest absolute Gasteiger partial charge is 0.381 e. The van der Waals surface area contributed by atoms with Crippen LogP contribution in [-0.4, -0.2) is 25.7 Å². The van der Waals surface area contributed by atoms with Crippen molar-refractivity contribution >= 4 is 32.6 Å². The van der Waals surface area contributed by atoms with E-state index in [2.05, 4.69) is 28.2 Å². The summed E-state index contributed by atoms with van der Waals surface area (Å²) in [4.78, 5) is 12.1. The van der Waals surface area contributed by atoms with Gasteiger partial charge in [-0.05, 0) is 47.9 Å². The Balaban J connectivity index is 1.89. The molecule has 2 rings (SSSR count). The topological polar surface area (TPSA) is 38.3 Å². The highest BCUT2D eigenvalue weighted by atomic mass is 79.9. The first-order chi connectivity index (χ1) is 10.2. The van der Waals surface area contributed by atoms with Gasteiger partial charge in [-0.25, -0.2) is 0 Å². The van der Waals surface area contributed by atoms with Crippen molar-refractivity contribution in [2.24, 2.45) is 0 Å². The highest BCUT2D eigenvalue weighted by Crippen LogP contribution is 2.20. The Bertz CT molecular complexity index is 613. The van der Waals surface area contributed by atoms with E-state index in [0.717, 1.165) is 34.7 Å². The van der Waals surface area contributed by atoms with Crippen molar-refractivity contribution in [1.29, 1.82) is 0 Å². The predicted octanol–water partition coefficient (Wildman–Crippen LogP) is 4.15. The minimum absolute atomic E-state index is 0.0321. The lowest BCUT2D eigenvalue weighted by atomic mass is 10.1. The number of fused-ring (bicyclic) bond motifs is 1. The quantitative estimate of drug-likeness (QED) is 0.762. The molecule has 3 nitrogen and oxygen atoms in total. The predicted molar refractivity (Wildman–Crippen MR) is 89.7 cm³/mol. The molecule has 0 unspecified atom stereocenters. The second-order valence-corrected chi connectivity index (χ2v) is 5.84. The molecule has 0 radical (unpaired) electrons. The Morgan fingerprint density at radius 3 is 2.71 bits per heavy atom. The van der Waals surface area contributed by atoms with Gasteiger partial charge in [-0.1, -0.05) is 35.0 Å². The SMILES string of the molecule is CCCOCCCNC(=O)c1ccc2cc(Br)ccc2c1. The molecule has 0 spiro atoms. The lowest BCUT2D eigenvalue weighted by molar-refractivity contribution is 0.0941. The molecule has 1 amide bonds. The molecule has 0 aliphatic rings. The molecule has 0 saturated carbocycles. The van der Waals surface area contributed by atoms with Gasteiger partial charge in [0.05, 0.1) is 0 Å². The molecular formula is C17H20BrNO2. The smallest absolute Gasteiger partial charge is 0.251 e. The van der Waals surface area contributed by atoms with Crippen LogP contribution in [0, 0.1) is 0 Å². The normalized spacial score (nSPS) is 10.8. The third kappa shape index (κ3) is 4.83. The van der Waals surface area contributed by atoms with Crippen molar-refractivity contribution in [1.82, 2.24) is 5.32 Å². The molecule has 2 aromatic carbocycles. The zero-order valence-corrected chi connectivity index (χ0v) is 13.8. The summed E-state index contributed by atoms with van der Waals surface area (Å²) < 4.78 is 6.42. The fraction of sp³-hybridized carbons (Fsp3) is 0.353. The van der Waals surface area contributed by atoms with Crippen molar-refractivity contribution in [3.63, 3.8) is 0 Å². The number of hydrogen-bond acceptors (Lipinski definition) is 2. The van der Waals surface area contributed by atoms with Crippen molar-refractivity contribution in [3.05, 3.63) is 46.4 Å². The summed E-state index contributed by atoms with van der Waals surface area (Å²) >= 11 is 3.45. The average molecular weight is 350 g/mol. The van der Waals surface area contributed by atoms with E-state index in [4.69, 9.17) is 4.74 Å². The molecule has 2 aromatic rings. The molecule has 0 heterocycles. The maximum absolute atomic E-state index is 12.1. The summed E-state index contributed by atoms with van der Waals surface area (Å²) in [5.74, 6) is -0.0321. The van der Waals surface area contributed by atoms with Crippen LogP contribution >= 0.6 is 15.9 Å². The van der Waals surface area contributed by atoms with Crippen molar-refractivity contribution in [2.75, 3.05) is 19.8 Å². The third-order valence-corrected chi connectivity index (χ3v) is 3.66. The summed E-state index contributed by atoms with van der Waals surface area (Å²) in [7, 11) is 0. The number of hydrogen-bond donors (Lipinski definition) is 1. The van der Waals surface area contributed by atoms with E-state index in [0.29, 0.717) is 18.7 Å². The van der Waals surface area contributed by atoms with E-state index in [9.17, 15) is 4.79 Å². The first-order valence-electron chi connectivity index (χ1n) is 7.26. The van der Waals surface area contributed by atoms with Gasteiger partial charge in [0.15, 0.2) is 0 Å². The van der Waals surface area contributed by atoms with Gasteiger partial charge in [-0.15, -0.1) is 0 Å². The minimum Gasteiger partial charge on any atom is -0.381 e. The van der Waals surface area contributed by atoms with E-state index in [-0.39, 0.29) is 5.91 Å².